The molecular weight excluding hydrogens is 391 g/mol. The van der Waals surface area contributed by atoms with Crippen molar-refractivity contribution in [3.05, 3.63) is 35.4 Å². The van der Waals surface area contributed by atoms with Gasteiger partial charge in [-0.15, -0.1) is 0 Å². The second-order valence-corrected chi connectivity index (χ2v) is 6.74. The van der Waals surface area contributed by atoms with E-state index in [2.05, 4.69) is 5.32 Å². The number of ether oxygens (including phenoxy) is 1. The molecule has 0 aliphatic carbocycles. The summed E-state index contributed by atoms with van der Waals surface area (Å²) in [5.74, 6) is -0.686. The predicted octanol–water partition coefficient (Wildman–Crippen LogP) is 2.57. The number of carbonyl (C=O) groups is 3. The summed E-state index contributed by atoms with van der Waals surface area (Å²) >= 11 is 0. The van der Waals surface area contributed by atoms with Crippen LogP contribution in [0.3, 0.4) is 0 Å². The highest BCUT2D eigenvalue weighted by Gasteiger charge is 2.32. The van der Waals surface area contributed by atoms with Crippen LogP contribution in [0.4, 0.5) is 18.0 Å². The van der Waals surface area contributed by atoms with Crippen LogP contribution in [0.15, 0.2) is 24.3 Å². The Morgan fingerprint density at radius 2 is 2.07 bits per heavy atom. The van der Waals surface area contributed by atoms with Crippen molar-refractivity contribution < 1.29 is 32.3 Å². The average Bonchev–Trinajstić information content (AvgIpc) is 3.05. The number of halogens is 3. The molecule has 29 heavy (non-hydrogen) atoms. The van der Waals surface area contributed by atoms with E-state index in [9.17, 15) is 27.6 Å². The monoisotopic (exact) mass is 415 g/mol. The number of amides is 3. The number of likely N-dealkylation sites (tertiary alicyclic amines) is 1. The molecule has 1 aromatic rings. The van der Waals surface area contributed by atoms with Crippen LogP contribution < -0.4 is 5.32 Å². The van der Waals surface area contributed by atoms with E-state index < -0.39 is 29.8 Å². The molecular formula is C19H24F3N3O4. The lowest BCUT2D eigenvalue weighted by molar-refractivity contribution is -0.137. The molecule has 1 saturated heterocycles. The molecule has 1 heterocycles. The van der Waals surface area contributed by atoms with Crippen molar-refractivity contribution in [2.45, 2.75) is 32.0 Å². The van der Waals surface area contributed by atoms with Gasteiger partial charge in [0.05, 0.1) is 18.2 Å². The normalized spacial score (nSPS) is 15.2. The SMILES string of the molecule is CCOC(=O)N(C)CC(=O)NC(CN1CCCC1=O)c1cccc(C(F)(F)F)c1. The number of carbonyl (C=O) groups excluding carboxylic acids is 3. The van der Waals surface area contributed by atoms with Gasteiger partial charge in [0.2, 0.25) is 11.8 Å². The molecule has 0 bridgehead atoms. The topological polar surface area (TPSA) is 79.0 Å². The number of hydrogen-bond donors (Lipinski definition) is 1. The van der Waals surface area contributed by atoms with E-state index in [0.717, 1.165) is 17.0 Å². The van der Waals surface area contributed by atoms with Gasteiger partial charge in [0.25, 0.3) is 0 Å². The number of alkyl halides is 3. The van der Waals surface area contributed by atoms with Crippen LogP contribution in [0.2, 0.25) is 0 Å². The van der Waals surface area contributed by atoms with Crippen molar-refractivity contribution in [3.8, 4) is 0 Å². The zero-order valence-corrected chi connectivity index (χ0v) is 16.3. The van der Waals surface area contributed by atoms with Crippen LogP contribution in [0, 0.1) is 0 Å². The minimum absolute atomic E-state index is 0.0506. The highest BCUT2D eigenvalue weighted by molar-refractivity contribution is 5.82. The molecule has 0 radical (unpaired) electrons. The van der Waals surface area contributed by atoms with E-state index in [-0.39, 0.29) is 31.2 Å². The van der Waals surface area contributed by atoms with Gasteiger partial charge in [0.15, 0.2) is 0 Å². The minimum Gasteiger partial charge on any atom is -0.450 e. The van der Waals surface area contributed by atoms with Crippen molar-refractivity contribution in [2.24, 2.45) is 0 Å². The zero-order valence-electron chi connectivity index (χ0n) is 16.3. The third-order valence-corrected chi connectivity index (χ3v) is 4.49. The summed E-state index contributed by atoms with van der Waals surface area (Å²) in [6, 6.07) is 3.78. The number of hydrogen-bond acceptors (Lipinski definition) is 4. The highest BCUT2D eigenvalue weighted by atomic mass is 19.4. The maximum Gasteiger partial charge on any atom is 0.416 e. The summed E-state index contributed by atoms with van der Waals surface area (Å²) < 4.78 is 44.1. The van der Waals surface area contributed by atoms with Gasteiger partial charge in [0.1, 0.15) is 6.54 Å². The van der Waals surface area contributed by atoms with Gasteiger partial charge < -0.3 is 19.9 Å². The van der Waals surface area contributed by atoms with Crippen molar-refractivity contribution >= 4 is 17.9 Å². The summed E-state index contributed by atoms with van der Waals surface area (Å²) in [5, 5.41) is 2.64. The number of likely N-dealkylation sites (N-methyl/N-ethyl adjacent to an activating group) is 1. The molecule has 0 saturated carbocycles. The fraction of sp³-hybridized carbons (Fsp3) is 0.526. The van der Waals surface area contributed by atoms with Crippen molar-refractivity contribution in [1.29, 1.82) is 0 Å². The number of nitrogens with zero attached hydrogens (tertiary/aromatic N) is 2. The Labute approximate surface area is 166 Å². The first kappa shape index (κ1) is 22.5. The lowest BCUT2D eigenvalue weighted by atomic mass is 10.0. The summed E-state index contributed by atoms with van der Waals surface area (Å²) in [6.07, 6.45) is -4.19. The van der Waals surface area contributed by atoms with Crippen LogP contribution >= 0.6 is 0 Å². The second-order valence-electron chi connectivity index (χ2n) is 6.74. The average molecular weight is 415 g/mol. The van der Waals surface area contributed by atoms with Gasteiger partial charge in [0, 0.05) is 26.6 Å². The molecule has 1 aromatic carbocycles. The van der Waals surface area contributed by atoms with Gasteiger partial charge in [-0.3, -0.25) is 9.59 Å². The fourth-order valence-corrected chi connectivity index (χ4v) is 3.04. The summed E-state index contributed by atoms with van der Waals surface area (Å²) in [5.41, 5.74) is -0.614. The van der Waals surface area contributed by atoms with Crippen molar-refractivity contribution in [3.63, 3.8) is 0 Å². The molecule has 1 atom stereocenters. The molecule has 0 aromatic heterocycles. The molecule has 1 unspecified atom stereocenters. The Kier molecular flexibility index (Phi) is 7.46. The third-order valence-electron chi connectivity index (χ3n) is 4.49. The molecule has 1 fully saturated rings. The van der Waals surface area contributed by atoms with E-state index in [1.807, 2.05) is 0 Å². The molecule has 1 N–H and O–H groups in total. The number of benzene rings is 1. The first-order chi connectivity index (χ1) is 13.6. The molecule has 3 amide bonds. The van der Waals surface area contributed by atoms with E-state index in [1.54, 1.807) is 6.92 Å². The van der Waals surface area contributed by atoms with Gasteiger partial charge >= 0.3 is 12.3 Å². The van der Waals surface area contributed by atoms with Crippen LogP contribution in [0.1, 0.15) is 36.9 Å². The Morgan fingerprint density at radius 1 is 1.34 bits per heavy atom. The van der Waals surface area contributed by atoms with Gasteiger partial charge in [-0.05, 0) is 31.0 Å². The standard InChI is InChI=1S/C19H24F3N3O4/c1-3-29-18(28)24(2)12-16(26)23-15(11-25-9-5-8-17(25)27)13-6-4-7-14(10-13)19(20,21)22/h4,6-7,10,15H,3,5,8-9,11-12H2,1-2H3,(H,23,26). The third kappa shape index (κ3) is 6.37. The number of nitrogens with one attached hydrogen (secondary N) is 1. The smallest absolute Gasteiger partial charge is 0.416 e. The maximum absolute atomic E-state index is 13.1. The summed E-state index contributed by atoms with van der Waals surface area (Å²) in [7, 11) is 1.38. The van der Waals surface area contributed by atoms with E-state index in [4.69, 9.17) is 4.74 Å². The zero-order chi connectivity index (χ0) is 21.6. The second kappa shape index (κ2) is 9.62. The predicted molar refractivity (Wildman–Crippen MR) is 97.8 cm³/mol. The largest absolute Gasteiger partial charge is 0.450 e. The Bertz CT molecular complexity index is 754. The van der Waals surface area contributed by atoms with E-state index >= 15 is 0 Å². The molecule has 1 aliphatic heterocycles. The lowest BCUT2D eigenvalue weighted by Crippen LogP contribution is -2.43. The molecule has 1 aliphatic rings. The maximum atomic E-state index is 13.1. The van der Waals surface area contributed by atoms with Gasteiger partial charge in [-0.25, -0.2) is 4.79 Å². The summed E-state index contributed by atoms with van der Waals surface area (Å²) in [6.45, 7) is 1.97. The molecule has 160 valence electrons. The minimum atomic E-state index is -4.53. The van der Waals surface area contributed by atoms with Crippen LogP contribution in [0.5, 0.6) is 0 Å². The van der Waals surface area contributed by atoms with E-state index in [1.165, 1.54) is 24.1 Å². The summed E-state index contributed by atoms with van der Waals surface area (Å²) in [4.78, 5) is 38.6. The molecule has 7 nitrogen and oxygen atoms in total. The highest BCUT2D eigenvalue weighted by Crippen LogP contribution is 2.31. The van der Waals surface area contributed by atoms with Gasteiger partial charge in [-0.2, -0.15) is 13.2 Å². The van der Waals surface area contributed by atoms with E-state index in [0.29, 0.717) is 19.4 Å². The fourth-order valence-electron chi connectivity index (χ4n) is 3.04. The van der Waals surface area contributed by atoms with Gasteiger partial charge in [-0.1, -0.05) is 12.1 Å². The first-order valence-electron chi connectivity index (χ1n) is 9.24. The lowest BCUT2D eigenvalue weighted by Gasteiger charge is -2.26. The molecule has 0 spiro atoms. The quantitative estimate of drug-likeness (QED) is 0.743. The molecule has 10 heteroatoms. The molecule has 2 rings (SSSR count). The van der Waals surface area contributed by atoms with Crippen LogP contribution in [-0.4, -0.2) is 61.0 Å². The van der Waals surface area contributed by atoms with Crippen molar-refractivity contribution in [2.75, 3.05) is 33.3 Å². The van der Waals surface area contributed by atoms with Crippen molar-refractivity contribution in [1.82, 2.24) is 15.1 Å². The van der Waals surface area contributed by atoms with Crippen LogP contribution in [0.25, 0.3) is 0 Å². The Balaban J connectivity index is 2.18. The Morgan fingerprint density at radius 3 is 2.66 bits per heavy atom. The number of rotatable bonds is 7. The Hall–Kier alpha value is -2.78. The first-order valence-corrected chi connectivity index (χ1v) is 9.24. The van der Waals surface area contributed by atoms with Crippen LogP contribution in [-0.2, 0) is 20.5 Å².